The van der Waals surface area contributed by atoms with Crippen LogP contribution in [0.25, 0.3) is 5.70 Å². The van der Waals surface area contributed by atoms with Crippen molar-refractivity contribution in [2.24, 2.45) is 0 Å². The van der Waals surface area contributed by atoms with Crippen molar-refractivity contribution in [2.45, 2.75) is 37.9 Å². The van der Waals surface area contributed by atoms with Crippen LogP contribution in [0.15, 0.2) is 122 Å². The van der Waals surface area contributed by atoms with Gasteiger partial charge in [-0.2, -0.15) is 0 Å². The zero-order chi connectivity index (χ0) is 27.0. The third-order valence-corrected chi connectivity index (χ3v) is 7.22. The molecule has 2 unspecified atom stereocenters. The summed E-state index contributed by atoms with van der Waals surface area (Å²) >= 11 is 0. The Morgan fingerprint density at radius 3 is 2.03 bits per heavy atom. The van der Waals surface area contributed by atoms with Crippen molar-refractivity contribution in [1.82, 2.24) is 10.2 Å². The first kappa shape index (κ1) is 26.0. The molecule has 0 aliphatic carbocycles. The molecule has 0 bridgehead atoms. The van der Waals surface area contributed by atoms with Crippen LogP contribution < -0.4 is 10.6 Å². The van der Waals surface area contributed by atoms with E-state index in [0.717, 1.165) is 22.3 Å². The molecule has 39 heavy (non-hydrogen) atoms. The number of hydrogen-bond donors (Lipinski definition) is 2. The number of nitrogens with one attached hydrogen (secondary N) is 2. The highest BCUT2D eigenvalue weighted by Crippen LogP contribution is 2.34. The average Bonchev–Trinajstić information content (AvgIpc) is 3.08. The van der Waals surface area contributed by atoms with Crippen molar-refractivity contribution < 1.29 is 9.59 Å². The summed E-state index contributed by atoms with van der Waals surface area (Å²) in [5, 5.41) is 6.25. The Bertz CT molecular complexity index is 1420. The maximum atomic E-state index is 14.0. The van der Waals surface area contributed by atoms with E-state index in [0.29, 0.717) is 37.2 Å². The van der Waals surface area contributed by atoms with E-state index in [-0.39, 0.29) is 11.8 Å². The number of amides is 2. The van der Waals surface area contributed by atoms with Crippen molar-refractivity contribution in [3.8, 4) is 0 Å². The van der Waals surface area contributed by atoms with Gasteiger partial charge in [0.15, 0.2) is 0 Å². The fraction of sp³-hybridized carbons (Fsp3) is 0.176. The minimum Gasteiger partial charge on any atom is -0.350 e. The Kier molecular flexibility index (Phi) is 8.18. The number of hydrogen-bond acceptors (Lipinski definition) is 3. The minimum atomic E-state index is -0.615. The predicted octanol–water partition coefficient (Wildman–Crippen LogP) is 5.84. The van der Waals surface area contributed by atoms with Gasteiger partial charge in [0.25, 0.3) is 0 Å². The summed E-state index contributed by atoms with van der Waals surface area (Å²) in [5.41, 5.74) is 5.38. The molecule has 2 atom stereocenters. The van der Waals surface area contributed by atoms with Gasteiger partial charge in [0.05, 0.1) is 5.69 Å². The maximum absolute atomic E-state index is 14.0. The fourth-order valence-electron chi connectivity index (χ4n) is 5.19. The molecule has 0 radical (unpaired) electrons. The van der Waals surface area contributed by atoms with Gasteiger partial charge in [-0.05, 0) is 35.6 Å². The summed E-state index contributed by atoms with van der Waals surface area (Å²) in [6.45, 7) is 4.86. The van der Waals surface area contributed by atoms with E-state index in [2.05, 4.69) is 29.3 Å². The largest absolute Gasteiger partial charge is 0.350 e. The van der Waals surface area contributed by atoms with E-state index >= 15 is 0 Å². The molecule has 0 saturated heterocycles. The molecule has 5 heteroatoms. The number of fused-ring (bicyclic) bond motifs is 1. The average molecular weight is 516 g/mol. The minimum absolute atomic E-state index is 0.124. The molecular weight excluding hydrogens is 482 g/mol. The monoisotopic (exact) mass is 515 g/mol. The van der Waals surface area contributed by atoms with Gasteiger partial charge < -0.3 is 15.5 Å². The third kappa shape index (κ3) is 6.27. The SMILES string of the molecule is C=C1c2ccccc2NC(=O)C(Cc2ccccc2)N1C(CCc1ccccc1)C(=O)NCc1ccccc1. The Morgan fingerprint density at radius 1 is 0.795 bits per heavy atom. The normalized spacial score (nSPS) is 15.6. The summed E-state index contributed by atoms with van der Waals surface area (Å²) in [7, 11) is 0. The molecular formula is C34H33N3O2. The van der Waals surface area contributed by atoms with Gasteiger partial charge in [-0.15, -0.1) is 0 Å². The fourth-order valence-corrected chi connectivity index (χ4v) is 5.19. The van der Waals surface area contributed by atoms with Crippen molar-refractivity contribution >= 4 is 23.2 Å². The van der Waals surface area contributed by atoms with Gasteiger partial charge >= 0.3 is 0 Å². The molecule has 0 fully saturated rings. The second kappa shape index (κ2) is 12.3. The molecule has 1 aliphatic rings. The van der Waals surface area contributed by atoms with Crippen LogP contribution in [0, 0.1) is 0 Å². The van der Waals surface area contributed by atoms with Crippen LogP contribution in [0.1, 0.15) is 28.7 Å². The van der Waals surface area contributed by atoms with Crippen LogP contribution in [-0.2, 0) is 29.0 Å². The van der Waals surface area contributed by atoms with Crippen LogP contribution >= 0.6 is 0 Å². The molecule has 4 aromatic carbocycles. The molecule has 0 aromatic heterocycles. The van der Waals surface area contributed by atoms with Crippen molar-refractivity contribution in [1.29, 1.82) is 0 Å². The lowest BCUT2D eigenvalue weighted by Gasteiger charge is -2.38. The number of nitrogens with zero attached hydrogens (tertiary/aromatic N) is 1. The first-order valence-electron chi connectivity index (χ1n) is 13.4. The quantitative estimate of drug-likeness (QED) is 0.294. The van der Waals surface area contributed by atoms with Gasteiger partial charge in [-0.25, -0.2) is 0 Å². The smallest absolute Gasteiger partial charge is 0.247 e. The summed E-state index contributed by atoms with van der Waals surface area (Å²) in [6, 6.07) is 36.4. The van der Waals surface area contributed by atoms with E-state index in [4.69, 9.17) is 0 Å². The highest BCUT2D eigenvalue weighted by molar-refractivity contribution is 6.01. The van der Waals surface area contributed by atoms with E-state index in [9.17, 15) is 9.59 Å². The topological polar surface area (TPSA) is 61.4 Å². The van der Waals surface area contributed by atoms with Crippen LogP contribution in [0.3, 0.4) is 0 Å². The Labute approximate surface area is 230 Å². The molecule has 4 aromatic rings. The lowest BCUT2D eigenvalue weighted by molar-refractivity contribution is -0.128. The second-order valence-electron chi connectivity index (χ2n) is 9.84. The molecule has 196 valence electrons. The van der Waals surface area contributed by atoms with Gasteiger partial charge in [-0.1, -0.05) is 116 Å². The van der Waals surface area contributed by atoms with Gasteiger partial charge in [0.2, 0.25) is 11.8 Å². The van der Waals surface area contributed by atoms with Gasteiger partial charge in [0.1, 0.15) is 12.1 Å². The number of para-hydroxylation sites is 1. The highest BCUT2D eigenvalue weighted by Gasteiger charge is 2.39. The number of carbonyl (C=O) groups is 2. The summed E-state index contributed by atoms with van der Waals surface area (Å²) in [4.78, 5) is 29.7. The first-order valence-corrected chi connectivity index (χ1v) is 13.4. The van der Waals surface area contributed by atoms with Gasteiger partial charge in [-0.3, -0.25) is 9.59 Å². The Hall–Kier alpha value is -4.64. The molecule has 2 amide bonds. The summed E-state index contributed by atoms with van der Waals surface area (Å²) < 4.78 is 0. The van der Waals surface area contributed by atoms with Gasteiger partial charge in [0, 0.05) is 24.2 Å². The van der Waals surface area contributed by atoms with E-state index < -0.39 is 12.1 Å². The number of benzene rings is 4. The third-order valence-electron chi connectivity index (χ3n) is 7.22. The maximum Gasteiger partial charge on any atom is 0.247 e. The molecule has 0 spiro atoms. The second-order valence-corrected chi connectivity index (χ2v) is 9.84. The van der Waals surface area contributed by atoms with Crippen LogP contribution in [0.4, 0.5) is 5.69 Å². The summed E-state index contributed by atoms with van der Waals surface area (Å²) in [6.07, 6.45) is 1.67. The van der Waals surface area contributed by atoms with E-state index in [1.54, 1.807) is 0 Å². The van der Waals surface area contributed by atoms with E-state index in [1.165, 1.54) is 0 Å². The lowest BCUT2D eigenvalue weighted by Crippen LogP contribution is -2.53. The van der Waals surface area contributed by atoms with Crippen molar-refractivity contribution in [3.63, 3.8) is 0 Å². The van der Waals surface area contributed by atoms with Crippen LogP contribution in [-0.4, -0.2) is 28.8 Å². The molecule has 0 saturated carbocycles. The molecule has 2 N–H and O–H groups in total. The first-order chi connectivity index (χ1) is 19.1. The number of anilines is 1. The zero-order valence-electron chi connectivity index (χ0n) is 21.9. The molecule has 1 heterocycles. The van der Waals surface area contributed by atoms with Crippen molar-refractivity contribution in [3.05, 3.63) is 144 Å². The highest BCUT2D eigenvalue weighted by atomic mass is 16.2. The molecule has 5 nitrogen and oxygen atoms in total. The number of rotatable bonds is 9. The van der Waals surface area contributed by atoms with E-state index in [1.807, 2.05) is 108 Å². The lowest BCUT2D eigenvalue weighted by atomic mass is 9.96. The Morgan fingerprint density at radius 2 is 1.36 bits per heavy atom. The van der Waals surface area contributed by atoms with Crippen LogP contribution in [0.2, 0.25) is 0 Å². The van der Waals surface area contributed by atoms with Crippen LogP contribution in [0.5, 0.6) is 0 Å². The standard InChI is InChI=1S/C34H33N3O2/c1-25-29-19-11-12-20-30(29)36-34(39)32(23-27-15-7-3-8-16-27)37(25)31(22-21-26-13-5-2-6-14-26)33(38)35-24-28-17-9-4-10-18-28/h2-20,31-32H,1,21-24H2,(H,35,38)(H,36,39). The van der Waals surface area contributed by atoms with Crippen molar-refractivity contribution in [2.75, 3.05) is 5.32 Å². The Balaban J connectivity index is 1.52. The predicted molar refractivity (Wildman–Crippen MR) is 157 cm³/mol. The molecule has 5 rings (SSSR count). The zero-order valence-corrected chi connectivity index (χ0v) is 21.9. The molecule has 1 aliphatic heterocycles. The number of carbonyl (C=O) groups excluding carboxylic acids is 2. The number of aryl methyl sites for hydroxylation is 1. The summed E-state index contributed by atoms with van der Waals surface area (Å²) in [5.74, 6) is -0.272.